The number of rotatable bonds is 3. The molecule has 1 aromatic rings. The number of hydrogen-bond acceptors (Lipinski definition) is 2. The van der Waals surface area contributed by atoms with E-state index in [9.17, 15) is 9.18 Å². The third-order valence-electron chi connectivity index (χ3n) is 3.39. The number of fused-ring (bicyclic) bond motifs is 1. The molecule has 0 amide bonds. The normalized spacial score (nSPS) is 23.1. The Labute approximate surface area is 93.1 Å². The van der Waals surface area contributed by atoms with Crippen molar-refractivity contribution in [1.29, 1.82) is 0 Å². The Morgan fingerprint density at radius 3 is 2.94 bits per heavy atom. The van der Waals surface area contributed by atoms with Gasteiger partial charge < -0.3 is 10.8 Å². The van der Waals surface area contributed by atoms with Gasteiger partial charge in [-0.1, -0.05) is 6.07 Å². The van der Waals surface area contributed by atoms with E-state index in [4.69, 9.17) is 10.8 Å². The molecule has 0 spiro atoms. The van der Waals surface area contributed by atoms with Crippen molar-refractivity contribution in [3.8, 4) is 0 Å². The Balaban J connectivity index is 2.43. The first-order chi connectivity index (χ1) is 7.57. The number of benzene rings is 1. The van der Waals surface area contributed by atoms with Gasteiger partial charge in [0, 0.05) is 12.0 Å². The maximum atomic E-state index is 13.0. The monoisotopic (exact) mass is 223 g/mol. The van der Waals surface area contributed by atoms with Gasteiger partial charge in [0.05, 0.1) is 6.42 Å². The lowest BCUT2D eigenvalue weighted by molar-refractivity contribution is -0.138. The van der Waals surface area contributed by atoms with Crippen molar-refractivity contribution < 1.29 is 14.3 Å². The van der Waals surface area contributed by atoms with Gasteiger partial charge >= 0.3 is 5.97 Å². The van der Waals surface area contributed by atoms with Crippen LogP contribution in [0.3, 0.4) is 0 Å². The molecule has 0 aromatic heterocycles. The molecule has 0 aliphatic heterocycles. The summed E-state index contributed by atoms with van der Waals surface area (Å²) < 4.78 is 13.0. The van der Waals surface area contributed by atoms with Crippen LogP contribution >= 0.6 is 0 Å². The van der Waals surface area contributed by atoms with Crippen molar-refractivity contribution in [1.82, 2.24) is 0 Å². The van der Waals surface area contributed by atoms with Crippen LogP contribution in [0, 0.1) is 5.82 Å². The highest BCUT2D eigenvalue weighted by molar-refractivity contribution is 5.70. The van der Waals surface area contributed by atoms with E-state index in [1.807, 2.05) is 0 Å². The summed E-state index contributed by atoms with van der Waals surface area (Å²) in [4.78, 5) is 10.9. The number of halogens is 1. The predicted octanol–water partition coefficient (Wildman–Crippen LogP) is 1.44. The molecule has 1 unspecified atom stereocenters. The van der Waals surface area contributed by atoms with Crippen LogP contribution in [0.15, 0.2) is 18.2 Å². The van der Waals surface area contributed by atoms with E-state index in [0.717, 1.165) is 11.1 Å². The summed E-state index contributed by atoms with van der Waals surface area (Å²) in [5.41, 5.74) is 7.00. The van der Waals surface area contributed by atoms with Gasteiger partial charge in [0.25, 0.3) is 0 Å². The molecule has 0 bridgehead atoms. The van der Waals surface area contributed by atoms with Crippen molar-refractivity contribution in [2.24, 2.45) is 5.73 Å². The number of carboxylic acids is 1. The summed E-state index contributed by atoms with van der Waals surface area (Å²) in [6.07, 6.45) is 1.41. The topological polar surface area (TPSA) is 63.3 Å². The quantitative estimate of drug-likeness (QED) is 0.815. The average Bonchev–Trinajstić information content (AvgIpc) is 2.56. The number of nitrogens with two attached hydrogens (primary N) is 1. The van der Waals surface area contributed by atoms with Crippen molar-refractivity contribution in [2.45, 2.75) is 24.7 Å². The minimum atomic E-state index is -0.859. The Morgan fingerprint density at radius 2 is 2.31 bits per heavy atom. The van der Waals surface area contributed by atoms with Crippen LogP contribution in [-0.4, -0.2) is 17.6 Å². The van der Waals surface area contributed by atoms with Crippen molar-refractivity contribution >= 4 is 5.97 Å². The Bertz CT molecular complexity index is 433. The van der Waals surface area contributed by atoms with E-state index in [0.29, 0.717) is 12.8 Å². The molecule has 16 heavy (non-hydrogen) atoms. The lowest BCUT2D eigenvalue weighted by Crippen LogP contribution is -2.35. The molecule has 1 aromatic carbocycles. The van der Waals surface area contributed by atoms with Gasteiger partial charge in [0.15, 0.2) is 0 Å². The van der Waals surface area contributed by atoms with Crippen LogP contribution in [0.1, 0.15) is 24.0 Å². The summed E-state index contributed by atoms with van der Waals surface area (Å²) in [6, 6.07) is 4.53. The van der Waals surface area contributed by atoms with E-state index in [2.05, 4.69) is 0 Å². The lowest BCUT2D eigenvalue weighted by atomic mass is 9.79. The molecule has 0 saturated carbocycles. The molecular formula is C12H14FNO2. The van der Waals surface area contributed by atoms with Gasteiger partial charge in [-0.3, -0.25) is 4.79 Å². The highest BCUT2D eigenvalue weighted by Crippen LogP contribution is 2.41. The molecule has 0 fully saturated rings. The Kier molecular flexibility index (Phi) is 2.68. The van der Waals surface area contributed by atoms with E-state index < -0.39 is 11.4 Å². The minimum absolute atomic E-state index is 0.0160. The Hall–Kier alpha value is -1.42. The maximum Gasteiger partial charge on any atom is 0.304 e. The van der Waals surface area contributed by atoms with E-state index in [1.165, 1.54) is 12.1 Å². The molecule has 0 radical (unpaired) electrons. The van der Waals surface area contributed by atoms with Crippen LogP contribution in [0.5, 0.6) is 0 Å². The maximum absolute atomic E-state index is 13.0. The van der Waals surface area contributed by atoms with Gasteiger partial charge in [-0.05, 0) is 36.1 Å². The molecule has 0 saturated heterocycles. The van der Waals surface area contributed by atoms with Gasteiger partial charge in [-0.15, -0.1) is 0 Å². The van der Waals surface area contributed by atoms with Crippen LogP contribution in [0.4, 0.5) is 4.39 Å². The van der Waals surface area contributed by atoms with Crippen molar-refractivity contribution in [3.05, 3.63) is 35.1 Å². The minimum Gasteiger partial charge on any atom is -0.481 e. The smallest absolute Gasteiger partial charge is 0.304 e. The first kappa shape index (κ1) is 11.1. The van der Waals surface area contributed by atoms with Crippen LogP contribution < -0.4 is 5.73 Å². The van der Waals surface area contributed by atoms with Gasteiger partial charge in [0.2, 0.25) is 0 Å². The van der Waals surface area contributed by atoms with E-state index in [1.54, 1.807) is 6.07 Å². The SMILES string of the molecule is NCC1(CC(=O)O)CCc2cc(F)ccc21. The second-order valence-corrected chi connectivity index (χ2v) is 4.36. The summed E-state index contributed by atoms with van der Waals surface area (Å²) in [6.45, 7) is 0.290. The zero-order valence-corrected chi connectivity index (χ0v) is 8.87. The lowest BCUT2D eigenvalue weighted by Gasteiger charge is -2.26. The first-order valence-electron chi connectivity index (χ1n) is 5.28. The number of hydrogen-bond donors (Lipinski definition) is 2. The Morgan fingerprint density at radius 1 is 1.56 bits per heavy atom. The van der Waals surface area contributed by atoms with E-state index in [-0.39, 0.29) is 18.8 Å². The fraction of sp³-hybridized carbons (Fsp3) is 0.417. The molecular weight excluding hydrogens is 209 g/mol. The van der Waals surface area contributed by atoms with Crippen molar-refractivity contribution in [2.75, 3.05) is 6.54 Å². The number of aryl methyl sites for hydroxylation is 1. The van der Waals surface area contributed by atoms with Crippen molar-refractivity contribution in [3.63, 3.8) is 0 Å². The number of carbonyl (C=O) groups is 1. The van der Waals surface area contributed by atoms with Crippen LogP contribution in [0.25, 0.3) is 0 Å². The third-order valence-corrected chi connectivity index (χ3v) is 3.39. The molecule has 1 aliphatic carbocycles. The van der Waals surface area contributed by atoms with Gasteiger partial charge in [-0.2, -0.15) is 0 Å². The summed E-state index contributed by atoms with van der Waals surface area (Å²) in [7, 11) is 0. The van der Waals surface area contributed by atoms with Gasteiger partial charge in [-0.25, -0.2) is 4.39 Å². The summed E-state index contributed by atoms with van der Waals surface area (Å²) in [5, 5.41) is 8.92. The molecule has 86 valence electrons. The average molecular weight is 223 g/mol. The first-order valence-corrected chi connectivity index (χ1v) is 5.28. The summed E-state index contributed by atoms with van der Waals surface area (Å²) in [5.74, 6) is -1.13. The fourth-order valence-corrected chi connectivity index (χ4v) is 2.55. The second-order valence-electron chi connectivity index (χ2n) is 4.36. The second kappa shape index (κ2) is 3.87. The molecule has 0 heterocycles. The zero-order chi connectivity index (χ0) is 11.8. The largest absolute Gasteiger partial charge is 0.481 e. The van der Waals surface area contributed by atoms with Gasteiger partial charge in [0.1, 0.15) is 5.82 Å². The molecule has 1 aliphatic rings. The highest BCUT2D eigenvalue weighted by atomic mass is 19.1. The summed E-state index contributed by atoms with van der Waals surface area (Å²) >= 11 is 0. The van der Waals surface area contributed by atoms with E-state index >= 15 is 0 Å². The molecule has 3 nitrogen and oxygen atoms in total. The third kappa shape index (κ3) is 1.69. The fourth-order valence-electron chi connectivity index (χ4n) is 2.55. The molecule has 4 heteroatoms. The van der Waals surface area contributed by atoms with Crippen LogP contribution in [0.2, 0.25) is 0 Å². The standard InChI is InChI=1S/C12H14FNO2/c13-9-1-2-10-8(5-9)3-4-12(10,7-14)6-11(15)16/h1-2,5H,3-4,6-7,14H2,(H,15,16). The number of aliphatic carboxylic acids is 1. The number of carboxylic acid groups (broad SMARTS) is 1. The zero-order valence-electron chi connectivity index (χ0n) is 8.87. The molecule has 3 N–H and O–H groups in total. The van der Waals surface area contributed by atoms with Crippen LogP contribution in [-0.2, 0) is 16.6 Å². The molecule has 1 atom stereocenters. The predicted molar refractivity (Wildman–Crippen MR) is 57.7 cm³/mol. The highest BCUT2D eigenvalue weighted by Gasteiger charge is 2.39. The molecule has 2 rings (SSSR count).